The van der Waals surface area contributed by atoms with Gasteiger partial charge in [-0.05, 0) is 86.7 Å². The smallest absolute Gasteiger partial charge is 0.262 e. The Labute approximate surface area is 366 Å². The summed E-state index contributed by atoms with van der Waals surface area (Å²) < 4.78 is 6.65. The third-order valence-electron chi connectivity index (χ3n) is 14.2. The van der Waals surface area contributed by atoms with Crippen LogP contribution in [0.2, 0.25) is 0 Å². The number of nitrogens with one attached hydrogen (secondary N) is 2. The highest BCUT2D eigenvalue weighted by atomic mass is 16.5. The minimum absolute atomic E-state index is 0.0853. The first-order valence-corrected chi connectivity index (χ1v) is 22.0. The van der Waals surface area contributed by atoms with Gasteiger partial charge in [0.15, 0.2) is 0 Å². The number of hydrogen-bond donors (Lipinski definition) is 2. The van der Waals surface area contributed by atoms with Crippen molar-refractivity contribution in [1.29, 1.82) is 5.26 Å². The van der Waals surface area contributed by atoms with Crippen LogP contribution in [0, 0.1) is 28.1 Å². The highest BCUT2D eigenvalue weighted by molar-refractivity contribution is 6.23. The molecule has 2 N–H and O–H groups in total. The first kappa shape index (κ1) is 41.9. The van der Waals surface area contributed by atoms with Crippen LogP contribution in [0.5, 0.6) is 5.75 Å². The largest absolute Gasteiger partial charge is 0.488 e. The third-order valence-corrected chi connectivity index (χ3v) is 14.2. The summed E-state index contributed by atoms with van der Waals surface area (Å²) in [6, 6.07) is 17.8. The van der Waals surface area contributed by atoms with Gasteiger partial charge in [-0.15, -0.1) is 0 Å². The molecule has 15 nitrogen and oxygen atoms in total. The first-order chi connectivity index (χ1) is 30.1. The predicted molar refractivity (Wildman–Crippen MR) is 235 cm³/mol. The van der Waals surface area contributed by atoms with Crippen LogP contribution in [0.4, 0.5) is 11.5 Å². The number of piperidine rings is 2. The summed E-state index contributed by atoms with van der Waals surface area (Å²) in [4.78, 5) is 81.7. The van der Waals surface area contributed by atoms with E-state index in [0.29, 0.717) is 33.9 Å². The number of aromatic nitrogens is 2. The molecule has 63 heavy (non-hydrogen) atoms. The lowest BCUT2D eigenvalue weighted by Gasteiger charge is -2.63. The molecule has 1 aliphatic carbocycles. The predicted octanol–water partition coefficient (Wildman–Crippen LogP) is 4.94. The van der Waals surface area contributed by atoms with Crippen LogP contribution >= 0.6 is 0 Å². The Morgan fingerprint density at radius 1 is 0.905 bits per heavy atom. The molecule has 4 aliphatic heterocycles. The lowest BCUT2D eigenvalue weighted by Crippen LogP contribution is -2.74. The Balaban J connectivity index is 0.751. The lowest BCUT2D eigenvalue weighted by atomic mass is 9.49. The summed E-state index contributed by atoms with van der Waals surface area (Å²) in [5.74, 6) is -0.0951. The summed E-state index contributed by atoms with van der Waals surface area (Å²) in [5, 5.41) is 15.9. The van der Waals surface area contributed by atoms with E-state index in [9.17, 15) is 29.2 Å². The number of nitrogens with zero attached hydrogens (tertiary/aromatic N) is 7. The van der Waals surface area contributed by atoms with Gasteiger partial charge in [0.05, 0.1) is 27.8 Å². The molecule has 15 heteroatoms. The van der Waals surface area contributed by atoms with Gasteiger partial charge in [0.1, 0.15) is 29.8 Å². The molecule has 2 aromatic heterocycles. The van der Waals surface area contributed by atoms with Gasteiger partial charge < -0.3 is 19.9 Å². The molecular weight excluding hydrogens is 799 g/mol. The molecule has 9 rings (SSSR count). The molecule has 5 amide bonds. The van der Waals surface area contributed by atoms with E-state index in [1.807, 2.05) is 36.4 Å². The fourth-order valence-electron chi connectivity index (χ4n) is 11.0. The molecule has 326 valence electrons. The molecule has 2 atom stereocenters. The quantitative estimate of drug-likeness (QED) is 0.217. The molecule has 1 saturated carbocycles. The minimum Gasteiger partial charge on any atom is -0.488 e. The first-order valence-electron chi connectivity index (χ1n) is 22.0. The van der Waals surface area contributed by atoms with Crippen molar-refractivity contribution >= 4 is 51.9 Å². The topological polar surface area (TPSA) is 181 Å². The zero-order valence-corrected chi connectivity index (χ0v) is 36.4. The number of carbonyl (C=O) groups excluding carboxylic acids is 5. The normalized spacial score (nSPS) is 24.7. The maximum atomic E-state index is 13.6. The number of fused-ring (bicyclic) bond motifs is 2. The van der Waals surface area contributed by atoms with E-state index in [2.05, 4.69) is 71.0 Å². The Morgan fingerprint density at radius 2 is 1.67 bits per heavy atom. The Bertz CT molecular complexity index is 2550. The van der Waals surface area contributed by atoms with E-state index < -0.39 is 29.7 Å². The number of pyridine rings is 2. The van der Waals surface area contributed by atoms with Gasteiger partial charge in [-0.3, -0.25) is 44.1 Å². The molecule has 0 spiro atoms. The van der Waals surface area contributed by atoms with Gasteiger partial charge in [0, 0.05) is 92.1 Å². The summed E-state index contributed by atoms with van der Waals surface area (Å²) in [5.41, 5.74) is 2.30. The molecule has 4 aromatic rings. The van der Waals surface area contributed by atoms with Crippen molar-refractivity contribution in [1.82, 2.24) is 30.4 Å². The van der Waals surface area contributed by atoms with Crippen LogP contribution in [0.1, 0.15) is 96.9 Å². The van der Waals surface area contributed by atoms with Crippen LogP contribution < -0.4 is 25.2 Å². The number of anilines is 2. The van der Waals surface area contributed by atoms with Crippen LogP contribution in [0.3, 0.4) is 0 Å². The monoisotopic (exact) mass is 851 g/mol. The van der Waals surface area contributed by atoms with Gasteiger partial charge in [-0.2, -0.15) is 5.26 Å². The van der Waals surface area contributed by atoms with E-state index in [-0.39, 0.29) is 53.3 Å². The van der Waals surface area contributed by atoms with Gasteiger partial charge in [0.25, 0.3) is 17.7 Å². The second-order valence-electron chi connectivity index (χ2n) is 19.0. The van der Waals surface area contributed by atoms with Gasteiger partial charge in [0.2, 0.25) is 11.8 Å². The molecule has 3 saturated heterocycles. The average Bonchev–Trinajstić information content (AvgIpc) is 3.52. The lowest BCUT2D eigenvalue weighted by molar-refractivity contribution is -0.163. The van der Waals surface area contributed by atoms with Crippen molar-refractivity contribution in [3.63, 3.8) is 0 Å². The molecular formula is C48H53N9O6. The van der Waals surface area contributed by atoms with Crippen LogP contribution in [-0.2, 0) is 9.59 Å². The summed E-state index contributed by atoms with van der Waals surface area (Å²) >= 11 is 0. The fraction of sp³-hybridized carbons (Fsp3) is 0.458. The second kappa shape index (κ2) is 16.1. The number of benzene rings is 2. The van der Waals surface area contributed by atoms with E-state index in [0.717, 1.165) is 73.9 Å². The number of rotatable bonds is 9. The van der Waals surface area contributed by atoms with Gasteiger partial charge in [-0.1, -0.05) is 27.7 Å². The fourth-order valence-corrected chi connectivity index (χ4v) is 11.0. The zero-order chi connectivity index (χ0) is 44.4. The summed E-state index contributed by atoms with van der Waals surface area (Å²) in [6.07, 6.45) is 5.42. The Kier molecular flexibility index (Phi) is 10.7. The van der Waals surface area contributed by atoms with Crippen molar-refractivity contribution in [3.8, 4) is 11.8 Å². The zero-order valence-electron chi connectivity index (χ0n) is 36.4. The number of piperazine rings is 1. The number of carbonyl (C=O) groups is 5. The van der Waals surface area contributed by atoms with Gasteiger partial charge >= 0.3 is 0 Å². The van der Waals surface area contributed by atoms with E-state index in [1.54, 1.807) is 30.6 Å². The molecule has 4 fully saturated rings. The second-order valence-corrected chi connectivity index (χ2v) is 19.0. The molecule has 0 radical (unpaired) electrons. The van der Waals surface area contributed by atoms with Crippen LogP contribution in [-0.4, -0.2) is 113 Å². The molecule has 6 heterocycles. The summed E-state index contributed by atoms with van der Waals surface area (Å²) in [6.45, 7) is 15.8. The maximum Gasteiger partial charge on any atom is 0.262 e. The molecule has 2 aromatic carbocycles. The van der Waals surface area contributed by atoms with Crippen molar-refractivity contribution in [2.45, 2.75) is 84.5 Å². The molecule has 1 unspecified atom stereocenters. The summed E-state index contributed by atoms with van der Waals surface area (Å²) in [7, 11) is 0. The van der Waals surface area contributed by atoms with Crippen molar-refractivity contribution in [2.24, 2.45) is 16.7 Å². The third kappa shape index (κ3) is 7.43. The Hall–Kier alpha value is -6.40. The van der Waals surface area contributed by atoms with Gasteiger partial charge in [-0.25, -0.2) is 4.98 Å². The highest BCUT2D eigenvalue weighted by Crippen LogP contribution is 2.56. The molecule has 5 aliphatic rings. The van der Waals surface area contributed by atoms with Crippen molar-refractivity contribution in [2.75, 3.05) is 49.1 Å². The number of ether oxygens (including phenoxy) is 1. The number of nitriles is 1. The number of hydrogen-bond acceptors (Lipinski definition) is 12. The number of amides is 5. The molecule has 0 bridgehead atoms. The van der Waals surface area contributed by atoms with E-state index in [4.69, 9.17) is 9.72 Å². The highest BCUT2D eigenvalue weighted by Gasteiger charge is 2.64. The SMILES string of the molecule is C[C@H]1CN(c2ccc3c(c2)C(=O)N(C2CCC(=O)NC2=O)C3=O)CCN1CC1CCN(c2ccc(C(=O)NC3C(C)(C)C(Oc4ccc(C#N)c5ncccc45)C3(C)C)cn2)CC1. The van der Waals surface area contributed by atoms with Crippen molar-refractivity contribution < 1.29 is 28.7 Å². The minimum atomic E-state index is -0.984. The average molecular weight is 852 g/mol. The van der Waals surface area contributed by atoms with Crippen LogP contribution in [0.25, 0.3) is 10.9 Å². The van der Waals surface area contributed by atoms with E-state index >= 15 is 0 Å². The maximum absolute atomic E-state index is 13.6. The Morgan fingerprint density at radius 3 is 2.37 bits per heavy atom. The van der Waals surface area contributed by atoms with E-state index in [1.165, 1.54) is 0 Å². The van der Waals surface area contributed by atoms with Crippen molar-refractivity contribution in [3.05, 3.63) is 89.2 Å². The van der Waals surface area contributed by atoms with Crippen LogP contribution in [0.15, 0.2) is 67.0 Å². The number of imide groups is 2. The standard InChI is InChI=1S/C48H53N9O6/c1-28-26-56(32-10-11-33-35(23-32)44(62)57(43(33)61)36-12-15-39(58)52-42(36)60)22-21-55(28)27-29-16-19-54(20-17-29)38-14-9-31(25-51-38)41(59)53-45-47(2,3)46(48(45,4)5)63-37-13-8-30(24-49)40-34(37)7-6-18-50-40/h6-11,13-14,18,23,25,28-29,36,45-46H,12,15-17,19-22,26-27H2,1-5H3,(H,53,59)(H,52,58,60)/t28-,36?,45?,46?/m0/s1.